The predicted octanol–water partition coefficient (Wildman–Crippen LogP) is 4.10. The number of carbonyl (C=O) groups excluding carboxylic acids is 1. The van der Waals surface area contributed by atoms with Crippen LogP contribution in [0.1, 0.15) is 58.3 Å². The normalized spacial score (nSPS) is 25.6. The van der Waals surface area contributed by atoms with Gasteiger partial charge in [0.2, 0.25) is 0 Å². The molecule has 0 bridgehead atoms. The first-order valence-corrected chi connectivity index (χ1v) is 6.99. The minimum Gasteiger partial charge on any atom is -0.504 e. The summed E-state index contributed by atoms with van der Waals surface area (Å²) < 4.78 is 4.96. The highest BCUT2D eigenvalue weighted by molar-refractivity contribution is 5.73. The number of allylic oxidation sites excluding steroid dienone is 1. The Morgan fingerprint density at radius 1 is 1.24 bits per heavy atom. The molecule has 1 aliphatic rings. The highest BCUT2D eigenvalue weighted by atomic mass is 16.5. The summed E-state index contributed by atoms with van der Waals surface area (Å²) in [5.74, 6) is 1.34. The van der Waals surface area contributed by atoms with Crippen LogP contribution in [-0.2, 0) is 9.53 Å². The molecular weight excluding hydrogens is 212 g/mol. The molecule has 1 saturated carbocycles. The summed E-state index contributed by atoms with van der Waals surface area (Å²) in [6, 6.07) is 0. The Hall–Kier alpha value is -0.790. The molecule has 17 heavy (non-hydrogen) atoms. The van der Waals surface area contributed by atoms with Crippen molar-refractivity contribution < 1.29 is 9.53 Å². The van der Waals surface area contributed by atoms with Crippen molar-refractivity contribution in [3.8, 4) is 0 Å². The molecule has 0 radical (unpaired) electrons. The lowest BCUT2D eigenvalue weighted by atomic mass is 9.77. The lowest BCUT2D eigenvalue weighted by Crippen LogP contribution is -2.17. The molecular formula is C15H26O2. The fraction of sp³-hybridized carbons (Fsp3) is 0.800. The molecule has 0 atom stereocenters. The number of aldehydes is 1. The van der Waals surface area contributed by atoms with Gasteiger partial charge in [0.05, 0.1) is 13.4 Å². The van der Waals surface area contributed by atoms with Crippen LogP contribution >= 0.6 is 0 Å². The average Bonchev–Trinajstić information content (AvgIpc) is 2.37. The summed E-state index contributed by atoms with van der Waals surface area (Å²) in [7, 11) is 1.61. The van der Waals surface area contributed by atoms with Gasteiger partial charge in [-0.25, -0.2) is 0 Å². The molecule has 2 nitrogen and oxygen atoms in total. The molecule has 0 unspecified atom stereocenters. The topological polar surface area (TPSA) is 26.3 Å². The summed E-state index contributed by atoms with van der Waals surface area (Å²) >= 11 is 0. The molecule has 0 spiro atoms. The van der Waals surface area contributed by atoms with Crippen molar-refractivity contribution in [1.29, 1.82) is 0 Å². The maximum absolute atomic E-state index is 10.9. The van der Waals surface area contributed by atoms with Crippen LogP contribution in [0.5, 0.6) is 0 Å². The maximum Gasteiger partial charge on any atom is 0.149 e. The second-order valence-electron chi connectivity index (χ2n) is 5.18. The second kappa shape index (κ2) is 8.32. The summed E-state index contributed by atoms with van der Waals surface area (Å²) in [4.78, 5) is 10.9. The summed E-state index contributed by atoms with van der Waals surface area (Å²) in [5, 5.41) is 0. The van der Waals surface area contributed by atoms with Crippen LogP contribution < -0.4 is 0 Å². The molecule has 1 aliphatic carbocycles. The van der Waals surface area contributed by atoms with E-state index in [0.29, 0.717) is 5.92 Å². The van der Waals surface area contributed by atoms with Gasteiger partial charge in [0.1, 0.15) is 6.29 Å². The lowest BCUT2D eigenvalue weighted by Gasteiger charge is -2.28. The van der Waals surface area contributed by atoms with E-state index in [9.17, 15) is 4.79 Å². The van der Waals surface area contributed by atoms with Crippen LogP contribution in [0.2, 0.25) is 0 Å². The third-order valence-corrected chi connectivity index (χ3v) is 3.92. The Kier molecular flexibility index (Phi) is 6.99. The molecule has 98 valence electrons. The largest absolute Gasteiger partial charge is 0.504 e. The SMILES string of the molecule is CCCCC[C@H]1CC[C@H](C(C=O)=COC)CC1. The van der Waals surface area contributed by atoms with Gasteiger partial charge < -0.3 is 4.74 Å². The quantitative estimate of drug-likeness (QED) is 0.289. The zero-order valence-electron chi connectivity index (χ0n) is 11.3. The van der Waals surface area contributed by atoms with Gasteiger partial charge in [0.25, 0.3) is 0 Å². The highest BCUT2D eigenvalue weighted by Crippen LogP contribution is 2.35. The van der Waals surface area contributed by atoms with Crippen LogP contribution in [0.25, 0.3) is 0 Å². The number of hydrogen-bond donors (Lipinski definition) is 0. The fourth-order valence-electron chi connectivity index (χ4n) is 2.82. The van der Waals surface area contributed by atoms with Crippen molar-refractivity contribution in [2.45, 2.75) is 58.3 Å². The molecule has 0 aromatic heterocycles. The molecule has 0 amide bonds. The van der Waals surface area contributed by atoms with E-state index in [1.165, 1.54) is 38.5 Å². The van der Waals surface area contributed by atoms with Gasteiger partial charge in [-0.15, -0.1) is 0 Å². The van der Waals surface area contributed by atoms with Crippen molar-refractivity contribution in [2.75, 3.05) is 7.11 Å². The van der Waals surface area contributed by atoms with E-state index in [1.54, 1.807) is 13.4 Å². The van der Waals surface area contributed by atoms with E-state index in [1.807, 2.05) is 0 Å². The smallest absolute Gasteiger partial charge is 0.149 e. The molecule has 0 aliphatic heterocycles. The second-order valence-corrected chi connectivity index (χ2v) is 5.18. The molecule has 1 rings (SSSR count). The van der Waals surface area contributed by atoms with Gasteiger partial charge in [-0.05, 0) is 37.5 Å². The average molecular weight is 238 g/mol. The van der Waals surface area contributed by atoms with Crippen molar-refractivity contribution in [1.82, 2.24) is 0 Å². The fourth-order valence-corrected chi connectivity index (χ4v) is 2.82. The van der Waals surface area contributed by atoms with Crippen LogP contribution in [0.4, 0.5) is 0 Å². The van der Waals surface area contributed by atoms with Gasteiger partial charge in [-0.3, -0.25) is 4.79 Å². The molecule has 0 saturated heterocycles. The first kappa shape index (κ1) is 14.3. The van der Waals surface area contributed by atoms with Crippen molar-refractivity contribution >= 4 is 6.29 Å². The Morgan fingerprint density at radius 2 is 1.94 bits per heavy atom. The Morgan fingerprint density at radius 3 is 2.47 bits per heavy atom. The van der Waals surface area contributed by atoms with E-state index in [2.05, 4.69) is 6.92 Å². The number of carbonyl (C=O) groups is 1. The molecule has 1 fully saturated rings. The maximum atomic E-state index is 10.9. The van der Waals surface area contributed by atoms with Crippen LogP contribution in [-0.4, -0.2) is 13.4 Å². The molecule has 2 heteroatoms. The van der Waals surface area contributed by atoms with Crippen LogP contribution in [0, 0.1) is 11.8 Å². The lowest BCUT2D eigenvalue weighted by molar-refractivity contribution is -0.105. The Bertz CT molecular complexity index is 237. The minimum absolute atomic E-state index is 0.440. The standard InChI is InChI=1S/C15H26O2/c1-3-4-5-6-13-7-9-14(10-8-13)15(11-16)12-17-2/h11-14H,3-10H2,1-2H3/t13-,14-. The van der Waals surface area contributed by atoms with E-state index in [4.69, 9.17) is 4.74 Å². The molecule has 0 N–H and O–H groups in total. The third-order valence-electron chi connectivity index (χ3n) is 3.92. The van der Waals surface area contributed by atoms with Gasteiger partial charge in [0.15, 0.2) is 0 Å². The summed E-state index contributed by atoms with van der Waals surface area (Å²) in [5.41, 5.74) is 0.847. The summed E-state index contributed by atoms with van der Waals surface area (Å²) in [6.45, 7) is 2.25. The van der Waals surface area contributed by atoms with Crippen LogP contribution in [0.3, 0.4) is 0 Å². The van der Waals surface area contributed by atoms with E-state index in [-0.39, 0.29) is 0 Å². The molecule has 0 heterocycles. The van der Waals surface area contributed by atoms with Gasteiger partial charge >= 0.3 is 0 Å². The Balaban J connectivity index is 2.29. The predicted molar refractivity (Wildman–Crippen MR) is 70.7 cm³/mol. The van der Waals surface area contributed by atoms with Crippen LogP contribution in [0.15, 0.2) is 11.8 Å². The number of rotatable bonds is 7. The van der Waals surface area contributed by atoms with Crippen molar-refractivity contribution in [2.24, 2.45) is 11.8 Å². The highest BCUT2D eigenvalue weighted by Gasteiger charge is 2.23. The number of ether oxygens (including phenoxy) is 1. The number of hydrogen-bond acceptors (Lipinski definition) is 2. The number of methoxy groups -OCH3 is 1. The van der Waals surface area contributed by atoms with E-state index in [0.717, 1.165) is 30.6 Å². The molecule has 0 aromatic rings. The first-order valence-electron chi connectivity index (χ1n) is 6.99. The van der Waals surface area contributed by atoms with Crippen molar-refractivity contribution in [3.05, 3.63) is 11.8 Å². The van der Waals surface area contributed by atoms with Gasteiger partial charge in [0, 0.05) is 5.57 Å². The zero-order chi connectivity index (χ0) is 12.5. The van der Waals surface area contributed by atoms with Crippen molar-refractivity contribution in [3.63, 3.8) is 0 Å². The third kappa shape index (κ3) is 4.93. The molecule has 0 aromatic carbocycles. The van der Waals surface area contributed by atoms with Gasteiger partial charge in [-0.2, -0.15) is 0 Å². The van der Waals surface area contributed by atoms with Gasteiger partial charge in [-0.1, -0.05) is 32.6 Å². The van der Waals surface area contributed by atoms with E-state index >= 15 is 0 Å². The Labute approximate surface area is 105 Å². The monoisotopic (exact) mass is 238 g/mol. The first-order chi connectivity index (χ1) is 8.31. The minimum atomic E-state index is 0.440. The van der Waals surface area contributed by atoms with E-state index < -0.39 is 0 Å². The summed E-state index contributed by atoms with van der Waals surface area (Å²) in [6.07, 6.45) is 12.9. The number of unbranched alkanes of at least 4 members (excludes halogenated alkanes) is 2. The zero-order valence-corrected chi connectivity index (χ0v) is 11.3.